The maximum absolute atomic E-state index is 13.4. The zero-order valence-corrected chi connectivity index (χ0v) is 16.4. The first-order chi connectivity index (χ1) is 14.0. The molecule has 1 aliphatic heterocycles. The van der Waals surface area contributed by atoms with Gasteiger partial charge in [0.1, 0.15) is 5.82 Å². The van der Waals surface area contributed by atoms with Crippen molar-refractivity contribution in [2.24, 2.45) is 0 Å². The van der Waals surface area contributed by atoms with Gasteiger partial charge in [-0.3, -0.25) is 0 Å². The fourth-order valence-electron chi connectivity index (χ4n) is 3.71. The van der Waals surface area contributed by atoms with Crippen LogP contribution in [0.15, 0.2) is 48.5 Å². The Balaban J connectivity index is 1.79. The largest absolute Gasteiger partial charge is 0.465 e. The number of methoxy groups -OCH3 is 1. The molecule has 1 fully saturated rings. The third-order valence-electron chi connectivity index (χ3n) is 5.20. The molecular formula is C23H23FN2O3. The van der Waals surface area contributed by atoms with Gasteiger partial charge in [0.2, 0.25) is 0 Å². The van der Waals surface area contributed by atoms with Crippen molar-refractivity contribution in [2.75, 3.05) is 19.0 Å². The number of ether oxygens (including phenoxy) is 2. The van der Waals surface area contributed by atoms with Crippen molar-refractivity contribution < 1.29 is 18.7 Å². The van der Waals surface area contributed by atoms with Crippen LogP contribution in [0.4, 0.5) is 10.1 Å². The van der Waals surface area contributed by atoms with E-state index < -0.39 is 0 Å². The maximum atomic E-state index is 13.4. The van der Waals surface area contributed by atoms with Crippen LogP contribution in [0.3, 0.4) is 0 Å². The average Bonchev–Trinajstić information content (AvgIpc) is 2.73. The molecular weight excluding hydrogens is 371 g/mol. The summed E-state index contributed by atoms with van der Waals surface area (Å²) in [5.41, 5.74) is 3.66. The lowest BCUT2D eigenvalue weighted by molar-refractivity contribution is 0.0232. The maximum Gasteiger partial charge on any atom is 0.337 e. The summed E-state index contributed by atoms with van der Waals surface area (Å²) in [5, 5.41) is 4.43. The first kappa shape index (κ1) is 19.3. The van der Waals surface area contributed by atoms with E-state index in [9.17, 15) is 9.18 Å². The van der Waals surface area contributed by atoms with E-state index in [-0.39, 0.29) is 23.9 Å². The fraction of sp³-hybridized carbons (Fsp3) is 0.304. The Morgan fingerprint density at radius 2 is 2.00 bits per heavy atom. The van der Waals surface area contributed by atoms with Gasteiger partial charge in [0, 0.05) is 23.6 Å². The SMILES string of the molecule is COC(=O)c1ccc2nc(-c3ccc(F)cc3)c(NC3CCOC(C)C3)cc2c1. The molecule has 0 spiro atoms. The Morgan fingerprint density at radius 3 is 2.72 bits per heavy atom. The summed E-state index contributed by atoms with van der Waals surface area (Å²) in [5.74, 6) is -0.674. The Bertz CT molecular complexity index is 1040. The highest BCUT2D eigenvalue weighted by molar-refractivity contribution is 5.96. The number of hydrogen-bond acceptors (Lipinski definition) is 5. The number of carbonyl (C=O) groups is 1. The fourth-order valence-corrected chi connectivity index (χ4v) is 3.71. The van der Waals surface area contributed by atoms with Crippen molar-refractivity contribution in [1.29, 1.82) is 0 Å². The molecule has 0 bridgehead atoms. The van der Waals surface area contributed by atoms with Gasteiger partial charge in [-0.1, -0.05) is 0 Å². The highest BCUT2D eigenvalue weighted by Gasteiger charge is 2.21. The summed E-state index contributed by atoms with van der Waals surface area (Å²) in [4.78, 5) is 16.7. The third-order valence-corrected chi connectivity index (χ3v) is 5.20. The van der Waals surface area contributed by atoms with Crippen LogP contribution < -0.4 is 5.32 Å². The lowest BCUT2D eigenvalue weighted by Crippen LogP contribution is -2.32. The molecule has 29 heavy (non-hydrogen) atoms. The first-order valence-electron chi connectivity index (χ1n) is 9.70. The third kappa shape index (κ3) is 4.22. The van der Waals surface area contributed by atoms with Crippen molar-refractivity contribution in [3.05, 3.63) is 59.9 Å². The number of anilines is 1. The monoisotopic (exact) mass is 394 g/mol. The number of nitrogens with zero attached hydrogens (tertiary/aromatic N) is 1. The Labute approximate surface area is 168 Å². The quantitative estimate of drug-likeness (QED) is 0.644. The topological polar surface area (TPSA) is 60.5 Å². The number of fused-ring (bicyclic) bond motifs is 1. The number of halogens is 1. The van der Waals surface area contributed by atoms with Gasteiger partial charge < -0.3 is 14.8 Å². The van der Waals surface area contributed by atoms with Crippen LogP contribution in [0.25, 0.3) is 22.2 Å². The predicted molar refractivity (Wildman–Crippen MR) is 111 cm³/mol. The second-order valence-electron chi connectivity index (χ2n) is 7.34. The molecule has 5 nitrogen and oxygen atoms in total. The van der Waals surface area contributed by atoms with Gasteiger partial charge in [-0.25, -0.2) is 14.2 Å². The lowest BCUT2D eigenvalue weighted by Gasteiger charge is -2.29. The molecule has 1 aromatic heterocycles. The van der Waals surface area contributed by atoms with Gasteiger partial charge in [0.25, 0.3) is 0 Å². The minimum atomic E-state index is -0.387. The van der Waals surface area contributed by atoms with Crippen molar-refractivity contribution in [1.82, 2.24) is 4.98 Å². The van der Waals surface area contributed by atoms with E-state index in [4.69, 9.17) is 14.5 Å². The normalized spacial score (nSPS) is 19.1. The standard InChI is InChI=1S/C23H23FN2O3/c1-14-11-19(9-10-29-14)25-21-13-17-12-16(23(27)28-2)5-8-20(17)26-22(21)15-3-6-18(24)7-4-15/h3-8,12-14,19,25H,9-11H2,1-2H3. The zero-order valence-electron chi connectivity index (χ0n) is 16.4. The molecule has 2 unspecified atom stereocenters. The van der Waals surface area contributed by atoms with Gasteiger partial charge in [-0.05, 0) is 68.3 Å². The lowest BCUT2D eigenvalue weighted by atomic mass is 10.0. The van der Waals surface area contributed by atoms with Gasteiger partial charge in [0.05, 0.1) is 35.7 Å². The second kappa shape index (κ2) is 8.17. The van der Waals surface area contributed by atoms with Crippen molar-refractivity contribution in [3.8, 4) is 11.3 Å². The van der Waals surface area contributed by atoms with E-state index >= 15 is 0 Å². The number of hydrogen-bond donors (Lipinski definition) is 1. The van der Waals surface area contributed by atoms with E-state index in [1.807, 2.05) is 6.07 Å². The molecule has 1 N–H and O–H groups in total. The molecule has 150 valence electrons. The number of aromatic nitrogens is 1. The number of esters is 1. The highest BCUT2D eigenvalue weighted by Crippen LogP contribution is 2.32. The summed E-state index contributed by atoms with van der Waals surface area (Å²) in [6.07, 6.45) is 1.98. The zero-order chi connectivity index (χ0) is 20.4. The van der Waals surface area contributed by atoms with Crippen LogP contribution in [0.1, 0.15) is 30.1 Å². The van der Waals surface area contributed by atoms with Gasteiger partial charge in [-0.2, -0.15) is 0 Å². The molecule has 4 rings (SSSR count). The van der Waals surface area contributed by atoms with E-state index in [2.05, 4.69) is 12.2 Å². The van der Waals surface area contributed by atoms with Crippen molar-refractivity contribution in [3.63, 3.8) is 0 Å². The van der Waals surface area contributed by atoms with E-state index in [1.165, 1.54) is 19.2 Å². The number of carbonyl (C=O) groups excluding carboxylic acids is 1. The van der Waals surface area contributed by atoms with E-state index in [0.29, 0.717) is 12.2 Å². The van der Waals surface area contributed by atoms with E-state index in [1.54, 1.807) is 30.3 Å². The second-order valence-corrected chi connectivity index (χ2v) is 7.34. The summed E-state index contributed by atoms with van der Waals surface area (Å²) < 4.78 is 23.9. The molecule has 1 aliphatic rings. The highest BCUT2D eigenvalue weighted by atomic mass is 19.1. The van der Waals surface area contributed by atoms with E-state index in [0.717, 1.165) is 40.7 Å². The Hall–Kier alpha value is -2.99. The van der Waals surface area contributed by atoms with Crippen LogP contribution in [-0.4, -0.2) is 36.8 Å². The minimum absolute atomic E-state index is 0.190. The first-order valence-corrected chi connectivity index (χ1v) is 9.70. The molecule has 0 aliphatic carbocycles. The number of rotatable bonds is 4. The van der Waals surface area contributed by atoms with Crippen LogP contribution in [0.2, 0.25) is 0 Å². The molecule has 0 radical (unpaired) electrons. The molecule has 0 amide bonds. The summed E-state index contributed by atoms with van der Waals surface area (Å²) in [6, 6.07) is 13.8. The number of nitrogens with one attached hydrogen (secondary N) is 1. The Kier molecular flexibility index (Phi) is 5.45. The van der Waals surface area contributed by atoms with Crippen LogP contribution >= 0.6 is 0 Å². The van der Waals surface area contributed by atoms with Crippen LogP contribution in [0.5, 0.6) is 0 Å². The average molecular weight is 394 g/mol. The summed E-state index contributed by atoms with van der Waals surface area (Å²) in [7, 11) is 1.36. The molecule has 2 heterocycles. The van der Waals surface area contributed by atoms with Crippen LogP contribution in [0, 0.1) is 5.82 Å². The van der Waals surface area contributed by atoms with Crippen molar-refractivity contribution in [2.45, 2.75) is 31.9 Å². The molecule has 0 saturated carbocycles. The Morgan fingerprint density at radius 1 is 1.21 bits per heavy atom. The predicted octanol–water partition coefficient (Wildman–Crippen LogP) is 4.81. The smallest absolute Gasteiger partial charge is 0.337 e. The molecule has 2 atom stereocenters. The van der Waals surface area contributed by atoms with Gasteiger partial charge in [-0.15, -0.1) is 0 Å². The summed E-state index contributed by atoms with van der Waals surface area (Å²) in [6.45, 7) is 2.77. The molecule has 3 aromatic rings. The number of benzene rings is 2. The van der Waals surface area contributed by atoms with Crippen molar-refractivity contribution >= 4 is 22.6 Å². The minimum Gasteiger partial charge on any atom is -0.465 e. The summed E-state index contributed by atoms with van der Waals surface area (Å²) >= 11 is 0. The van der Waals surface area contributed by atoms with Gasteiger partial charge >= 0.3 is 5.97 Å². The molecule has 2 aromatic carbocycles. The van der Waals surface area contributed by atoms with Crippen LogP contribution in [-0.2, 0) is 9.47 Å². The molecule has 1 saturated heterocycles. The van der Waals surface area contributed by atoms with Gasteiger partial charge in [0.15, 0.2) is 0 Å². The number of pyridine rings is 1. The molecule has 6 heteroatoms.